The second-order valence-electron chi connectivity index (χ2n) is 5.79. The third-order valence-corrected chi connectivity index (χ3v) is 3.89. The lowest BCUT2D eigenvalue weighted by atomic mass is 10.00. The second kappa shape index (κ2) is 7.43. The van der Waals surface area contributed by atoms with Crippen LogP contribution in [0.5, 0.6) is 0 Å². The monoisotopic (exact) mass is 343 g/mol. The van der Waals surface area contributed by atoms with Crippen LogP contribution in [0, 0.1) is 0 Å². The van der Waals surface area contributed by atoms with Crippen LogP contribution in [-0.4, -0.2) is 6.18 Å². The minimum atomic E-state index is -4.46. The summed E-state index contributed by atoms with van der Waals surface area (Å²) in [5.41, 5.74) is 3.23. The van der Waals surface area contributed by atoms with E-state index in [0.717, 1.165) is 16.7 Å². The van der Waals surface area contributed by atoms with Crippen LogP contribution in [0.25, 0.3) is 17.3 Å². The van der Waals surface area contributed by atoms with Gasteiger partial charge in [0, 0.05) is 11.3 Å². The van der Waals surface area contributed by atoms with E-state index in [-0.39, 0.29) is 11.3 Å². The highest BCUT2D eigenvalue weighted by molar-refractivity contribution is 5.71. The molecule has 0 bridgehead atoms. The van der Waals surface area contributed by atoms with Gasteiger partial charge in [-0.05, 0) is 23.6 Å². The van der Waals surface area contributed by atoms with Crippen LogP contribution < -0.4 is 5.32 Å². The third-order valence-electron chi connectivity index (χ3n) is 3.89. The van der Waals surface area contributed by atoms with Gasteiger partial charge in [0.15, 0.2) is 0 Å². The molecule has 1 unspecified atom stereocenters. The van der Waals surface area contributed by atoms with E-state index in [1.165, 1.54) is 12.1 Å². The standard InChI is InChI=1S/C21H20F3N/c1-5-16-8-6-7-9-19(16)15(4)25-20(21(22,23)24)18-12-10-17(11-13-18)14(2)3/h5-13,20,25H,1-2,4H2,3H3. The van der Waals surface area contributed by atoms with E-state index in [2.05, 4.69) is 25.1 Å². The molecule has 0 fully saturated rings. The predicted octanol–water partition coefficient (Wildman–Crippen LogP) is 6.23. The Morgan fingerprint density at radius 1 is 1.04 bits per heavy atom. The molecule has 0 radical (unpaired) electrons. The average Bonchev–Trinajstić information content (AvgIpc) is 2.58. The predicted molar refractivity (Wildman–Crippen MR) is 98.6 cm³/mol. The van der Waals surface area contributed by atoms with Gasteiger partial charge in [-0.3, -0.25) is 0 Å². The van der Waals surface area contributed by atoms with Crippen LogP contribution in [-0.2, 0) is 0 Å². The highest BCUT2D eigenvalue weighted by atomic mass is 19.4. The Balaban J connectivity index is 2.34. The summed E-state index contributed by atoms with van der Waals surface area (Å²) in [6.45, 7) is 13.1. The molecule has 0 aliphatic rings. The Hall–Kier alpha value is -2.75. The number of halogens is 3. The number of benzene rings is 2. The van der Waals surface area contributed by atoms with Crippen molar-refractivity contribution in [3.05, 3.63) is 90.5 Å². The SMILES string of the molecule is C=Cc1ccccc1C(=C)NC(c1ccc(C(=C)C)cc1)C(F)(F)F. The molecule has 2 aromatic carbocycles. The first-order chi connectivity index (χ1) is 11.7. The third kappa shape index (κ3) is 4.41. The van der Waals surface area contributed by atoms with Crippen LogP contribution in [0.15, 0.2) is 68.3 Å². The Bertz CT molecular complexity index is 786. The Morgan fingerprint density at radius 2 is 1.64 bits per heavy atom. The van der Waals surface area contributed by atoms with Crippen LogP contribution >= 0.6 is 0 Å². The van der Waals surface area contributed by atoms with Crippen molar-refractivity contribution in [1.82, 2.24) is 5.32 Å². The highest BCUT2D eigenvalue weighted by Gasteiger charge is 2.41. The van der Waals surface area contributed by atoms with Crippen LogP contribution in [0.3, 0.4) is 0 Å². The largest absolute Gasteiger partial charge is 0.412 e. The summed E-state index contributed by atoms with van der Waals surface area (Å²) in [6.07, 6.45) is -2.87. The van der Waals surface area contributed by atoms with Gasteiger partial charge in [0.25, 0.3) is 0 Å². The minimum Gasteiger partial charge on any atom is -0.370 e. The number of nitrogens with one attached hydrogen (secondary N) is 1. The summed E-state index contributed by atoms with van der Waals surface area (Å²) in [7, 11) is 0. The molecular weight excluding hydrogens is 323 g/mol. The van der Waals surface area contributed by atoms with E-state index in [1.807, 2.05) is 6.92 Å². The zero-order chi connectivity index (χ0) is 18.6. The second-order valence-corrected chi connectivity index (χ2v) is 5.79. The Morgan fingerprint density at radius 3 is 2.16 bits per heavy atom. The molecule has 1 atom stereocenters. The summed E-state index contributed by atoms with van der Waals surface area (Å²) in [4.78, 5) is 0. The Labute approximate surface area is 146 Å². The van der Waals surface area contributed by atoms with Crippen molar-refractivity contribution in [2.45, 2.75) is 19.1 Å². The fourth-order valence-corrected chi connectivity index (χ4v) is 2.52. The lowest BCUT2D eigenvalue weighted by Crippen LogP contribution is -2.33. The molecule has 0 heterocycles. The van der Waals surface area contributed by atoms with Crippen molar-refractivity contribution in [2.24, 2.45) is 0 Å². The van der Waals surface area contributed by atoms with Crippen molar-refractivity contribution in [3.63, 3.8) is 0 Å². The van der Waals surface area contributed by atoms with Crippen LogP contribution in [0.2, 0.25) is 0 Å². The molecule has 0 aromatic heterocycles. The van der Waals surface area contributed by atoms with Gasteiger partial charge in [0.2, 0.25) is 0 Å². The first-order valence-corrected chi connectivity index (χ1v) is 7.74. The van der Waals surface area contributed by atoms with Crippen molar-refractivity contribution in [1.29, 1.82) is 0 Å². The summed E-state index contributed by atoms with van der Waals surface area (Å²) >= 11 is 0. The molecule has 4 heteroatoms. The minimum absolute atomic E-state index is 0.120. The molecule has 0 spiro atoms. The fraction of sp³-hybridized carbons (Fsp3) is 0.143. The van der Waals surface area contributed by atoms with Crippen molar-refractivity contribution >= 4 is 17.3 Å². The topological polar surface area (TPSA) is 12.0 Å². The molecule has 0 aliphatic carbocycles. The first kappa shape index (κ1) is 18.6. The molecule has 0 amide bonds. The molecule has 130 valence electrons. The maximum Gasteiger partial charge on any atom is 0.412 e. The molecule has 2 aromatic rings. The van der Waals surface area contributed by atoms with Gasteiger partial charge in [-0.15, -0.1) is 0 Å². The smallest absolute Gasteiger partial charge is 0.370 e. The zero-order valence-corrected chi connectivity index (χ0v) is 14.0. The first-order valence-electron chi connectivity index (χ1n) is 7.74. The van der Waals surface area contributed by atoms with E-state index in [9.17, 15) is 13.2 Å². The van der Waals surface area contributed by atoms with E-state index in [1.54, 1.807) is 42.5 Å². The van der Waals surface area contributed by atoms with Crippen LogP contribution in [0.4, 0.5) is 13.2 Å². The van der Waals surface area contributed by atoms with Gasteiger partial charge in [-0.25, -0.2) is 0 Å². The van der Waals surface area contributed by atoms with Gasteiger partial charge in [-0.2, -0.15) is 13.2 Å². The fourth-order valence-electron chi connectivity index (χ4n) is 2.52. The number of hydrogen-bond donors (Lipinski definition) is 1. The molecule has 1 nitrogen and oxygen atoms in total. The van der Waals surface area contributed by atoms with E-state index in [4.69, 9.17) is 0 Å². The molecular formula is C21H20F3N. The van der Waals surface area contributed by atoms with E-state index >= 15 is 0 Å². The van der Waals surface area contributed by atoms with Gasteiger partial charge >= 0.3 is 6.18 Å². The number of allylic oxidation sites excluding steroid dienone is 1. The molecule has 0 aliphatic heterocycles. The van der Waals surface area contributed by atoms with Crippen molar-refractivity contribution < 1.29 is 13.2 Å². The van der Waals surface area contributed by atoms with E-state index < -0.39 is 12.2 Å². The lowest BCUT2D eigenvalue weighted by molar-refractivity contribution is -0.154. The zero-order valence-electron chi connectivity index (χ0n) is 14.0. The molecule has 25 heavy (non-hydrogen) atoms. The maximum absolute atomic E-state index is 13.6. The molecule has 2 rings (SSSR count). The normalized spacial score (nSPS) is 12.3. The lowest BCUT2D eigenvalue weighted by Gasteiger charge is -2.25. The number of rotatable bonds is 6. The molecule has 1 N–H and O–H groups in total. The van der Waals surface area contributed by atoms with Crippen molar-refractivity contribution in [3.8, 4) is 0 Å². The number of alkyl halides is 3. The number of hydrogen-bond acceptors (Lipinski definition) is 1. The van der Waals surface area contributed by atoms with Crippen LogP contribution in [0.1, 0.15) is 35.2 Å². The van der Waals surface area contributed by atoms with Gasteiger partial charge in [0.05, 0.1) is 0 Å². The van der Waals surface area contributed by atoms with Gasteiger partial charge in [0.1, 0.15) is 6.04 Å². The molecule has 0 saturated carbocycles. The van der Waals surface area contributed by atoms with E-state index in [0.29, 0.717) is 5.56 Å². The van der Waals surface area contributed by atoms with Crippen molar-refractivity contribution in [2.75, 3.05) is 0 Å². The summed E-state index contributed by atoms with van der Waals surface area (Å²) in [5, 5.41) is 2.52. The average molecular weight is 343 g/mol. The quantitative estimate of drug-likeness (QED) is 0.656. The molecule has 0 saturated heterocycles. The summed E-state index contributed by atoms with van der Waals surface area (Å²) in [6, 6.07) is 11.4. The Kier molecular flexibility index (Phi) is 5.52. The summed E-state index contributed by atoms with van der Waals surface area (Å²) < 4.78 is 40.7. The van der Waals surface area contributed by atoms with Gasteiger partial charge < -0.3 is 5.32 Å². The highest BCUT2D eigenvalue weighted by Crippen LogP contribution is 2.35. The summed E-state index contributed by atoms with van der Waals surface area (Å²) in [5.74, 6) is 0. The van der Waals surface area contributed by atoms with Gasteiger partial charge in [-0.1, -0.05) is 79.9 Å². The maximum atomic E-state index is 13.6.